The van der Waals surface area contributed by atoms with Gasteiger partial charge in [-0.05, 0) is 30.3 Å². The number of sulfone groups is 1. The van der Waals surface area contributed by atoms with Crippen molar-refractivity contribution in [2.24, 2.45) is 0 Å². The Balaban J connectivity index is 1.69. The summed E-state index contributed by atoms with van der Waals surface area (Å²) in [6, 6.07) is 9.36. The van der Waals surface area contributed by atoms with Crippen molar-refractivity contribution in [1.82, 2.24) is 19.9 Å². The number of nitrogens with zero attached hydrogens (tertiary/aromatic N) is 3. The minimum atomic E-state index is -3.29. The zero-order valence-electron chi connectivity index (χ0n) is 15.4. The van der Waals surface area contributed by atoms with E-state index in [-0.39, 0.29) is 10.6 Å². The number of rotatable bonds is 6. The molecule has 0 bridgehead atoms. The highest BCUT2D eigenvalue weighted by Gasteiger charge is 2.14. The van der Waals surface area contributed by atoms with Crippen LogP contribution in [0.1, 0.15) is 17.3 Å². The summed E-state index contributed by atoms with van der Waals surface area (Å²) in [5.74, 6) is 1.29. The van der Waals surface area contributed by atoms with Gasteiger partial charge >= 0.3 is 0 Å². The normalized spacial score (nSPS) is 11.5. The first-order valence-corrected chi connectivity index (χ1v) is 10.4. The predicted molar refractivity (Wildman–Crippen MR) is 107 cm³/mol. The lowest BCUT2D eigenvalue weighted by Crippen LogP contribution is -2.03. The number of fused-ring (bicyclic) bond motifs is 1. The number of carbonyl (C=O) groups excluding carboxylic acids is 1. The van der Waals surface area contributed by atoms with Gasteiger partial charge in [0.1, 0.15) is 17.2 Å². The fourth-order valence-electron chi connectivity index (χ4n) is 2.78. The van der Waals surface area contributed by atoms with Crippen molar-refractivity contribution in [2.45, 2.75) is 11.8 Å². The maximum atomic E-state index is 11.9. The lowest BCUT2D eigenvalue weighted by Gasteiger charge is -2.09. The molecule has 0 unspecified atom stereocenters. The molecule has 146 valence electrons. The van der Waals surface area contributed by atoms with Crippen molar-refractivity contribution >= 4 is 27.2 Å². The van der Waals surface area contributed by atoms with Crippen molar-refractivity contribution in [1.29, 1.82) is 0 Å². The minimum absolute atomic E-state index is 0.0209. The quantitative estimate of drug-likeness (QED) is 0.486. The molecule has 0 aliphatic heterocycles. The summed E-state index contributed by atoms with van der Waals surface area (Å²) in [5.41, 5.74) is 2.15. The SMILES string of the molecule is CCS(=O)(=O)c1ccc(Oc2cc3[nH]c(-c4cnccn4)nc3cc2C=O)cc1. The van der Waals surface area contributed by atoms with E-state index in [1.54, 1.807) is 49.8 Å². The summed E-state index contributed by atoms with van der Waals surface area (Å²) < 4.78 is 29.7. The molecule has 4 rings (SSSR count). The molecular weight excluding hydrogens is 392 g/mol. The molecule has 2 aromatic heterocycles. The molecule has 0 atom stereocenters. The maximum absolute atomic E-state index is 11.9. The van der Waals surface area contributed by atoms with Gasteiger partial charge in [-0.3, -0.25) is 9.78 Å². The van der Waals surface area contributed by atoms with Crippen LogP contribution in [0.25, 0.3) is 22.6 Å². The number of imidazole rings is 1. The third-order valence-corrected chi connectivity index (χ3v) is 6.09. The fourth-order valence-corrected chi connectivity index (χ4v) is 3.67. The van der Waals surface area contributed by atoms with Crippen LogP contribution in [0, 0.1) is 0 Å². The number of H-pyrrole nitrogens is 1. The second-order valence-corrected chi connectivity index (χ2v) is 8.46. The van der Waals surface area contributed by atoms with Crippen molar-refractivity contribution in [3.8, 4) is 23.0 Å². The van der Waals surface area contributed by atoms with Crippen molar-refractivity contribution in [3.63, 3.8) is 0 Å². The monoisotopic (exact) mass is 408 g/mol. The van der Waals surface area contributed by atoms with Gasteiger partial charge in [-0.25, -0.2) is 18.4 Å². The van der Waals surface area contributed by atoms with Gasteiger partial charge in [0.05, 0.1) is 33.4 Å². The average molecular weight is 408 g/mol. The molecule has 1 N–H and O–H groups in total. The Morgan fingerprint density at radius 1 is 1.14 bits per heavy atom. The molecule has 0 amide bonds. The van der Waals surface area contributed by atoms with E-state index in [2.05, 4.69) is 19.9 Å². The number of benzene rings is 2. The highest BCUT2D eigenvalue weighted by molar-refractivity contribution is 7.91. The first-order chi connectivity index (χ1) is 14.0. The van der Waals surface area contributed by atoms with Crippen molar-refractivity contribution in [3.05, 3.63) is 60.6 Å². The maximum Gasteiger partial charge on any atom is 0.178 e. The molecule has 0 spiro atoms. The molecule has 0 aliphatic rings. The van der Waals surface area contributed by atoms with Crippen LogP contribution in [0.3, 0.4) is 0 Å². The Bertz CT molecular complexity index is 1280. The number of hydrogen-bond donors (Lipinski definition) is 1. The number of aldehydes is 1. The first kappa shape index (κ1) is 18.8. The van der Waals surface area contributed by atoms with E-state index in [0.29, 0.717) is 45.9 Å². The number of aromatic amines is 1. The van der Waals surface area contributed by atoms with Gasteiger partial charge in [-0.15, -0.1) is 0 Å². The summed E-state index contributed by atoms with van der Waals surface area (Å²) >= 11 is 0. The zero-order valence-corrected chi connectivity index (χ0v) is 16.2. The van der Waals surface area contributed by atoms with Crippen LogP contribution in [0.4, 0.5) is 0 Å². The third kappa shape index (κ3) is 3.72. The van der Waals surface area contributed by atoms with Gasteiger partial charge in [0.2, 0.25) is 0 Å². The topological polar surface area (TPSA) is 115 Å². The van der Waals surface area contributed by atoms with E-state index in [0.717, 1.165) is 0 Å². The Morgan fingerprint density at radius 3 is 2.59 bits per heavy atom. The Morgan fingerprint density at radius 2 is 1.93 bits per heavy atom. The molecule has 0 fully saturated rings. The summed E-state index contributed by atoms with van der Waals surface area (Å²) in [7, 11) is -3.29. The number of nitrogens with one attached hydrogen (secondary N) is 1. The van der Waals surface area contributed by atoms with Gasteiger partial charge < -0.3 is 9.72 Å². The van der Waals surface area contributed by atoms with Crippen LogP contribution >= 0.6 is 0 Å². The van der Waals surface area contributed by atoms with Gasteiger partial charge in [0.25, 0.3) is 0 Å². The molecule has 4 aromatic rings. The summed E-state index contributed by atoms with van der Waals surface area (Å²) in [6.45, 7) is 1.59. The second-order valence-electron chi connectivity index (χ2n) is 6.18. The van der Waals surface area contributed by atoms with E-state index >= 15 is 0 Å². The molecule has 9 heteroatoms. The predicted octanol–water partition coefficient (Wildman–Crippen LogP) is 3.42. The van der Waals surface area contributed by atoms with Crippen molar-refractivity contribution in [2.75, 3.05) is 5.75 Å². The minimum Gasteiger partial charge on any atom is -0.457 e. The molecule has 0 saturated carbocycles. The molecule has 0 aliphatic carbocycles. The zero-order chi connectivity index (χ0) is 20.4. The van der Waals surface area contributed by atoms with E-state index in [1.807, 2.05) is 0 Å². The molecule has 29 heavy (non-hydrogen) atoms. The molecular formula is C20H16N4O4S. The number of aromatic nitrogens is 4. The average Bonchev–Trinajstić information content (AvgIpc) is 3.17. The third-order valence-electron chi connectivity index (χ3n) is 4.34. The molecule has 0 saturated heterocycles. The first-order valence-electron chi connectivity index (χ1n) is 8.76. The highest BCUT2D eigenvalue weighted by Crippen LogP contribution is 2.30. The summed E-state index contributed by atoms with van der Waals surface area (Å²) in [5, 5.41) is 0. The molecule has 2 heterocycles. The van der Waals surface area contributed by atoms with Gasteiger partial charge in [0.15, 0.2) is 21.9 Å². The number of carbonyl (C=O) groups is 1. The summed E-state index contributed by atoms with van der Waals surface area (Å²) in [6.07, 6.45) is 5.40. The Kier molecular flexibility index (Phi) is 4.81. The Labute approximate surface area is 166 Å². The molecule has 2 aromatic carbocycles. The van der Waals surface area contributed by atoms with Gasteiger partial charge in [-0.2, -0.15) is 0 Å². The lowest BCUT2D eigenvalue weighted by molar-refractivity contribution is 0.112. The van der Waals surface area contributed by atoms with Crippen LogP contribution in [-0.4, -0.2) is 40.4 Å². The van der Waals surface area contributed by atoms with E-state index < -0.39 is 9.84 Å². The van der Waals surface area contributed by atoms with Crippen molar-refractivity contribution < 1.29 is 17.9 Å². The standard InChI is InChI=1S/C20H16N4O4S/c1-2-29(26,27)15-5-3-14(4-6-15)28-19-10-17-16(9-13(19)12-25)23-20(24-17)18-11-21-7-8-22-18/h3-12H,2H2,1H3,(H,23,24). The fraction of sp³-hybridized carbons (Fsp3) is 0.100. The van der Waals surface area contributed by atoms with E-state index in [1.165, 1.54) is 12.1 Å². The highest BCUT2D eigenvalue weighted by atomic mass is 32.2. The molecule has 8 nitrogen and oxygen atoms in total. The largest absolute Gasteiger partial charge is 0.457 e. The smallest absolute Gasteiger partial charge is 0.178 e. The van der Waals surface area contributed by atoms with Crippen LogP contribution in [0.15, 0.2) is 59.9 Å². The lowest BCUT2D eigenvalue weighted by atomic mass is 10.2. The van der Waals surface area contributed by atoms with Crippen LogP contribution in [0.2, 0.25) is 0 Å². The summed E-state index contributed by atoms with van der Waals surface area (Å²) in [4.78, 5) is 27.6. The molecule has 0 radical (unpaired) electrons. The van der Waals surface area contributed by atoms with Gasteiger partial charge in [0, 0.05) is 18.5 Å². The van der Waals surface area contributed by atoms with Crippen LogP contribution < -0.4 is 4.74 Å². The Hall–Kier alpha value is -3.59. The van der Waals surface area contributed by atoms with Gasteiger partial charge in [-0.1, -0.05) is 6.92 Å². The van der Waals surface area contributed by atoms with Crippen LogP contribution in [0.5, 0.6) is 11.5 Å². The second kappa shape index (κ2) is 7.44. The van der Waals surface area contributed by atoms with Crippen LogP contribution in [-0.2, 0) is 9.84 Å². The van der Waals surface area contributed by atoms with E-state index in [9.17, 15) is 13.2 Å². The number of ether oxygens (including phenoxy) is 1. The van der Waals surface area contributed by atoms with E-state index in [4.69, 9.17) is 4.74 Å². The number of hydrogen-bond acceptors (Lipinski definition) is 7.